The predicted molar refractivity (Wildman–Crippen MR) is 138 cm³/mol. The first kappa shape index (κ1) is 22.9. The summed E-state index contributed by atoms with van der Waals surface area (Å²) in [5, 5.41) is 13.8. The van der Waals surface area contributed by atoms with Crippen LogP contribution >= 0.6 is 0 Å². The summed E-state index contributed by atoms with van der Waals surface area (Å²) in [6.07, 6.45) is 3.91. The molecule has 192 valence electrons. The molecule has 3 aromatic heterocycles. The maximum atomic E-state index is 9.42. The normalized spacial score (nSPS) is 26.1. The number of hydrogen-bond acceptors (Lipinski definition) is 9. The lowest BCUT2D eigenvalue weighted by Gasteiger charge is -2.49. The molecule has 3 fully saturated rings. The molecule has 3 saturated heterocycles. The third-order valence-corrected chi connectivity index (χ3v) is 8.09. The van der Waals surface area contributed by atoms with Gasteiger partial charge in [-0.25, -0.2) is 4.52 Å². The van der Waals surface area contributed by atoms with Gasteiger partial charge < -0.3 is 25.0 Å². The lowest BCUT2D eigenvalue weighted by Crippen LogP contribution is -2.65. The van der Waals surface area contributed by atoms with Crippen LogP contribution in [0.15, 0.2) is 36.7 Å². The van der Waals surface area contributed by atoms with Gasteiger partial charge >= 0.3 is 0 Å². The van der Waals surface area contributed by atoms with Gasteiger partial charge in [-0.15, -0.1) is 0 Å². The van der Waals surface area contributed by atoms with Crippen molar-refractivity contribution in [3.05, 3.63) is 53.6 Å². The van der Waals surface area contributed by atoms with Gasteiger partial charge in [-0.2, -0.15) is 10.4 Å². The molecule has 37 heavy (non-hydrogen) atoms. The van der Waals surface area contributed by atoms with Crippen LogP contribution in [0.1, 0.15) is 30.8 Å². The average molecular weight is 501 g/mol. The molecule has 0 amide bonds. The molecule has 0 bridgehead atoms. The number of fused-ring (bicyclic) bond motifs is 3. The zero-order chi connectivity index (χ0) is 25.4. The Hall–Kier alpha value is -3.23. The van der Waals surface area contributed by atoms with E-state index in [9.17, 15) is 5.26 Å². The number of anilines is 2. The Kier molecular flexibility index (Phi) is 5.04. The summed E-state index contributed by atoms with van der Waals surface area (Å²) in [4.78, 5) is 11.9. The number of rotatable bonds is 4. The van der Waals surface area contributed by atoms with Crippen LogP contribution in [-0.2, 0) is 21.7 Å². The molecule has 10 heteroatoms. The fraction of sp³-hybridized carbons (Fsp3) is 0.519. The smallest absolute Gasteiger partial charge is 0.142 e. The van der Waals surface area contributed by atoms with Crippen LogP contribution in [0.2, 0.25) is 0 Å². The fourth-order valence-electron chi connectivity index (χ4n) is 6.52. The highest BCUT2D eigenvalue weighted by atomic mass is 16.5. The Bertz CT molecular complexity index is 1400. The SMILES string of the molecule is C[C@@H]1CN(c2ccc(C#N)n3nccc23)C[C@H](CN2CC3(C2)OCc2cc(N4CC(C)(N)C4)cnc23)O1. The van der Waals surface area contributed by atoms with Crippen molar-refractivity contribution in [1.82, 2.24) is 19.5 Å². The van der Waals surface area contributed by atoms with Crippen molar-refractivity contribution in [2.24, 2.45) is 5.73 Å². The van der Waals surface area contributed by atoms with Crippen molar-refractivity contribution < 1.29 is 9.47 Å². The zero-order valence-electron chi connectivity index (χ0n) is 21.3. The van der Waals surface area contributed by atoms with Crippen LogP contribution in [-0.4, -0.2) is 83.1 Å². The maximum Gasteiger partial charge on any atom is 0.142 e. The Morgan fingerprint density at radius 2 is 2.00 bits per heavy atom. The van der Waals surface area contributed by atoms with Crippen LogP contribution in [0.5, 0.6) is 0 Å². The second-order valence-corrected chi connectivity index (χ2v) is 11.5. The van der Waals surface area contributed by atoms with E-state index in [4.69, 9.17) is 20.2 Å². The van der Waals surface area contributed by atoms with Gasteiger partial charge in [0.1, 0.15) is 17.4 Å². The van der Waals surface area contributed by atoms with Gasteiger partial charge in [-0.3, -0.25) is 9.88 Å². The minimum Gasteiger partial charge on any atom is -0.370 e. The van der Waals surface area contributed by atoms with E-state index in [2.05, 4.69) is 45.8 Å². The predicted octanol–water partition coefficient (Wildman–Crippen LogP) is 1.47. The van der Waals surface area contributed by atoms with E-state index in [-0.39, 0.29) is 23.3 Å². The number of likely N-dealkylation sites (tertiary alicyclic amines) is 1. The molecular formula is C27H32N8O2. The first-order chi connectivity index (χ1) is 17.8. The molecule has 7 heterocycles. The molecule has 0 radical (unpaired) electrons. The summed E-state index contributed by atoms with van der Waals surface area (Å²) < 4.78 is 14.4. The lowest BCUT2D eigenvalue weighted by molar-refractivity contribution is -0.157. The molecule has 2 atom stereocenters. The number of nitrogens with two attached hydrogens (primary N) is 1. The second-order valence-electron chi connectivity index (χ2n) is 11.5. The fourth-order valence-corrected chi connectivity index (χ4v) is 6.52. The number of ether oxygens (including phenoxy) is 2. The van der Waals surface area contributed by atoms with Crippen molar-refractivity contribution in [3.63, 3.8) is 0 Å². The van der Waals surface area contributed by atoms with Crippen LogP contribution in [0.4, 0.5) is 11.4 Å². The van der Waals surface area contributed by atoms with Crippen LogP contribution in [0.25, 0.3) is 5.52 Å². The van der Waals surface area contributed by atoms with Crippen molar-refractivity contribution in [2.75, 3.05) is 55.6 Å². The Morgan fingerprint density at radius 3 is 2.78 bits per heavy atom. The average Bonchev–Trinajstić information content (AvgIpc) is 3.47. The minimum absolute atomic E-state index is 0.0768. The van der Waals surface area contributed by atoms with E-state index in [1.165, 1.54) is 5.56 Å². The molecule has 0 saturated carbocycles. The van der Waals surface area contributed by atoms with E-state index in [1.54, 1.807) is 10.7 Å². The summed E-state index contributed by atoms with van der Waals surface area (Å²) in [6.45, 7) is 10.6. The van der Waals surface area contributed by atoms with Crippen molar-refractivity contribution in [3.8, 4) is 6.07 Å². The molecule has 0 aliphatic carbocycles. The molecule has 3 aromatic rings. The highest BCUT2D eigenvalue weighted by Crippen LogP contribution is 2.44. The molecule has 4 aliphatic heterocycles. The molecule has 7 rings (SSSR count). The van der Waals surface area contributed by atoms with E-state index in [0.717, 1.165) is 68.4 Å². The summed E-state index contributed by atoms with van der Waals surface area (Å²) in [5.41, 5.74) is 11.8. The lowest BCUT2D eigenvalue weighted by atomic mass is 9.88. The number of morpholine rings is 1. The Labute approximate surface area is 216 Å². The molecule has 0 aromatic carbocycles. The van der Waals surface area contributed by atoms with Crippen LogP contribution in [0.3, 0.4) is 0 Å². The molecule has 10 nitrogen and oxygen atoms in total. The van der Waals surface area contributed by atoms with Crippen molar-refractivity contribution in [1.29, 1.82) is 5.26 Å². The number of nitrogens with zero attached hydrogens (tertiary/aromatic N) is 7. The van der Waals surface area contributed by atoms with Gasteiger partial charge in [-0.1, -0.05) is 0 Å². The third-order valence-electron chi connectivity index (χ3n) is 8.09. The summed E-state index contributed by atoms with van der Waals surface area (Å²) in [6, 6.07) is 10.3. The summed E-state index contributed by atoms with van der Waals surface area (Å²) in [5.74, 6) is 0. The van der Waals surface area contributed by atoms with Gasteiger partial charge in [0.15, 0.2) is 0 Å². The quantitative estimate of drug-likeness (QED) is 0.570. The van der Waals surface area contributed by atoms with Gasteiger partial charge in [0.2, 0.25) is 0 Å². The first-order valence-electron chi connectivity index (χ1n) is 13.0. The minimum atomic E-state index is -0.304. The molecule has 2 N–H and O–H groups in total. The van der Waals surface area contributed by atoms with Gasteiger partial charge in [0.25, 0.3) is 0 Å². The standard InChI is InChI=1S/C27H32N8O2/c1-18-10-33(23-4-3-20(8-28)35-24(23)5-6-31-35)12-22(37-18)11-32-16-27(17-32)25-19(13-36-27)7-21(9-30-25)34-14-26(2,29)15-34/h3-7,9,18,22H,10-17,29H2,1-2H3/t18-,22+/m1/s1. The molecule has 1 spiro atoms. The highest BCUT2D eigenvalue weighted by Gasteiger charge is 2.52. The van der Waals surface area contributed by atoms with Crippen LogP contribution < -0.4 is 15.5 Å². The van der Waals surface area contributed by atoms with Crippen molar-refractivity contribution in [2.45, 2.75) is 43.8 Å². The van der Waals surface area contributed by atoms with Crippen molar-refractivity contribution >= 4 is 16.9 Å². The summed E-state index contributed by atoms with van der Waals surface area (Å²) in [7, 11) is 0. The molecule has 4 aliphatic rings. The largest absolute Gasteiger partial charge is 0.370 e. The monoisotopic (exact) mass is 500 g/mol. The third kappa shape index (κ3) is 3.77. The number of pyridine rings is 2. The van der Waals surface area contributed by atoms with Gasteiger partial charge in [0.05, 0.1) is 53.8 Å². The Morgan fingerprint density at radius 1 is 1.16 bits per heavy atom. The van der Waals surface area contributed by atoms with Crippen LogP contribution in [0, 0.1) is 11.3 Å². The van der Waals surface area contributed by atoms with E-state index >= 15 is 0 Å². The topological polar surface area (TPSA) is 108 Å². The van der Waals surface area contributed by atoms with Gasteiger partial charge in [0, 0.05) is 56.9 Å². The molecule has 0 unspecified atom stereocenters. The van der Waals surface area contributed by atoms with E-state index < -0.39 is 0 Å². The number of hydrogen-bond donors (Lipinski definition) is 1. The zero-order valence-corrected chi connectivity index (χ0v) is 21.3. The maximum absolute atomic E-state index is 9.42. The molecular weight excluding hydrogens is 468 g/mol. The van der Waals surface area contributed by atoms with E-state index in [1.807, 2.05) is 24.4 Å². The number of aromatic nitrogens is 3. The summed E-state index contributed by atoms with van der Waals surface area (Å²) >= 11 is 0. The van der Waals surface area contributed by atoms with E-state index in [0.29, 0.717) is 12.3 Å². The highest BCUT2D eigenvalue weighted by molar-refractivity contribution is 5.74. The Balaban J connectivity index is 1.02. The first-order valence-corrected chi connectivity index (χ1v) is 13.0. The van der Waals surface area contributed by atoms with Gasteiger partial charge in [-0.05, 0) is 38.1 Å². The number of nitriles is 1. The second kappa shape index (κ2) is 8.13.